The third-order valence-corrected chi connectivity index (χ3v) is 5.49. The molecule has 6 nitrogen and oxygen atoms in total. The largest absolute Gasteiger partial charge is 0.478 e. The maximum atomic E-state index is 12.8. The molecule has 0 fully saturated rings. The van der Waals surface area contributed by atoms with Crippen molar-refractivity contribution in [1.82, 2.24) is 8.96 Å². The van der Waals surface area contributed by atoms with E-state index in [1.54, 1.807) is 31.2 Å². The third kappa shape index (κ3) is 2.47. The number of fused-ring (bicyclic) bond motifs is 1. The third-order valence-electron chi connectivity index (χ3n) is 3.45. The molecule has 8 heteroatoms. The Morgan fingerprint density at radius 2 is 2.00 bits per heavy atom. The summed E-state index contributed by atoms with van der Waals surface area (Å²) in [5.74, 6) is -1.19. The van der Waals surface area contributed by atoms with Crippen molar-refractivity contribution < 1.29 is 18.3 Å². The van der Waals surface area contributed by atoms with Crippen LogP contribution in [0, 0.1) is 6.92 Å². The number of nitrogens with zero attached hydrogens (tertiary/aromatic N) is 2. The first kappa shape index (κ1) is 15.5. The lowest BCUT2D eigenvalue weighted by Gasteiger charge is -2.08. The molecule has 3 aromatic rings. The quantitative estimate of drug-likeness (QED) is 0.733. The standard InChI is InChI=1S/C15H11ClN2O4S/c1-9-6-10(7-17-14(9)16)23(21,22)18-8-12(15(19)20)11-4-2-3-5-13(11)18/h2-8H,1H3,(H,19,20). The summed E-state index contributed by atoms with van der Waals surface area (Å²) in [5.41, 5.74) is 0.725. The molecule has 0 aliphatic heterocycles. The summed E-state index contributed by atoms with van der Waals surface area (Å²) >= 11 is 5.83. The maximum absolute atomic E-state index is 12.8. The minimum atomic E-state index is -3.99. The predicted octanol–water partition coefficient (Wildman–Crippen LogP) is 2.93. The Balaban J connectivity index is 2.31. The highest BCUT2D eigenvalue weighted by atomic mass is 35.5. The molecule has 0 saturated carbocycles. The minimum Gasteiger partial charge on any atom is -0.478 e. The van der Waals surface area contributed by atoms with Crippen LogP contribution in [-0.4, -0.2) is 28.5 Å². The number of aromatic nitrogens is 2. The fraction of sp³-hybridized carbons (Fsp3) is 0.0667. The van der Waals surface area contributed by atoms with Crippen molar-refractivity contribution in [1.29, 1.82) is 0 Å². The van der Waals surface area contributed by atoms with Crippen molar-refractivity contribution in [2.45, 2.75) is 11.8 Å². The van der Waals surface area contributed by atoms with Gasteiger partial charge in [0.2, 0.25) is 0 Å². The molecule has 2 heterocycles. The van der Waals surface area contributed by atoms with Gasteiger partial charge < -0.3 is 5.11 Å². The number of benzene rings is 1. The van der Waals surface area contributed by atoms with Crippen molar-refractivity contribution in [3.05, 3.63) is 59.0 Å². The van der Waals surface area contributed by atoms with Gasteiger partial charge >= 0.3 is 5.97 Å². The van der Waals surface area contributed by atoms with Crippen LogP contribution in [0.4, 0.5) is 0 Å². The van der Waals surface area contributed by atoms with Crippen LogP contribution in [0.3, 0.4) is 0 Å². The average Bonchev–Trinajstić information content (AvgIpc) is 2.90. The predicted molar refractivity (Wildman–Crippen MR) is 85.5 cm³/mol. The number of hydrogen-bond acceptors (Lipinski definition) is 4. The highest BCUT2D eigenvalue weighted by Crippen LogP contribution is 2.26. The van der Waals surface area contributed by atoms with Crippen LogP contribution in [0.25, 0.3) is 10.9 Å². The fourth-order valence-electron chi connectivity index (χ4n) is 2.31. The van der Waals surface area contributed by atoms with Crippen molar-refractivity contribution in [3.63, 3.8) is 0 Å². The van der Waals surface area contributed by atoms with Gasteiger partial charge in [0.25, 0.3) is 10.0 Å². The molecule has 118 valence electrons. The number of pyridine rings is 1. The molecule has 2 aromatic heterocycles. The average molecular weight is 351 g/mol. The Kier molecular flexibility index (Phi) is 3.62. The van der Waals surface area contributed by atoms with Crippen molar-refractivity contribution >= 4 is 38.5 Å². The zero-order valence-electron chi connectivity index (χ0n) is 11.9. The monoisotopic (exact) mass is 350 g/mol. The molecule has 1 N–H and O–H groups in total. The van der Waals surface area contributed by atoms with Crippen LogP contribution in [0.5, 0.6) is 0 Å². The first-order valence-electron chi connectivity index (χ1n) is 6.53. The number of carboxylic acids is 1. The Labute approximate surface area is 137 Å². The van der Waals surface area contributed by atoms with Crippen LogP contribution in [0.15, 0.2) is 47.6 Å². The van der Waals surface area contributed by atoms with Gasteiger partial charge in [-0.3, -0.25) is 0 Å². The van der Waals surface area contributed by atoms with Gasteiger partial charge in [0.1, 0.15) is 10.0 Å². The van der Waals surface area contributed by atoms with E-state index in [1.807, 2.05) is 0 Å². The Morgan fingerprint density at radius 3 is 2.65 bits per heavy atom. The Hall–Kier alpha value is -2.38. The molecule has 23 heavy (non-hydrogen) atoms. The molecule has 0 saturated heterocycles. The van der Waals surface area contributed by atoms with Crippen LogP contribution in [0.2, 0.25) is 5.15 Å². The maximum Gasteiger partial charge on any atom is 0.337 e. The molecule has 0 bridgehead atoms. The fourth-order valence-corrected chi connectivity index (χ4v) is 3.81. The topological polar surface area (TPSA) is 89.3 Å². The normalized spacial score (nSPS) is 11.7. The summed E-state index contributed by atoms with van der Waals surface area (Å²) in [6.45, 7) is 1.64. The SMILES string of the molecule is Cc1cc(S(=O)(=O)n2cc(C(=O)O)c3ccccc32)cnc1Cl. The number of halogens is 1. The lowest BCUT2D eigenvalue weighted by molar-refractivity contribution is 0.0699. The number of carbonyl (C=O) groups is 1. The van der Waals surface area contributed by atoms with E-state index in [2.05, 4.69) is 4.98 Å². The summed E-state index contributed by atoms with van der Waals surface area (Å²) in [6.07, 6.45) is 2.26. The summed E-state index contributed by atoms with van der Waals surface area (Å²) < 4.78 is 26.6. The van der Waals surface area contributed by atoms with E-state index in [9.17, 15) is 18.3 Å². The Bertz CT molecular complexity index is 1040. The molecular formula is C15H11ClN2O4S. The van der Waals surface area contributed by atoms with Gasteiger partial charge in [-0.25, -0.2) is 22.2 Å². The first-order valence-corrected chi connectivity index (χ1v) is 8.35. The molecule has 0 unspecified atom stereocenters. The zero-order valence-corrected chi connectivity index (χ0v) is 13.5. The van der Waals surface area contributed by atoms with Gasteiger partial charge in [-0.15, -0.1) is 0 Å². The first-order chi connectivity index (χ1) is 10.8. The molecule has 1 aromatic carbocycles. The number of aromatic carboxylic acids is 1. The second kappa shape index (κ2) is 5.36. The van der Waals surface area contributed by atoms with Gasteiger partial charge in [0.05, 0.1) is 11.1 Å². The summed E-state index contributed by atoms with van der Waals surface area (Å²) in [4.78, 5) is 15.1. The van der Waals surface area contributed by atoms with E-state index >= 15 is 0 Å². The van der Waals surface area contributed by atoms with E-state index < -0.39 is 16.0 Å². The highest BCUT2D eigenvalue weighted by Gasteiger charge is 2.24. The lowest BCUT2D eigenvalue weighted by Crippen LogP contribution is -2.12. The summed E-state index contributed by atoms with van der Waals surface area (Å²) in [6, 6.07) is 7.82. The van der Waals surface area contributed by atoms with E-state index in [0.717, 1.165) is 16.4 Å². The zero-order chi connectivity index (χ0) is 16.8. The molecule has 0 aliphatic rings. The lowest BCUT2D eigenvalue weighted by atomic mass is 10.2. The van der Waals surface area contributed by atoms with Crippen molar-refractivity contribution in [3.8, 4) is 0 Å². The van der Waals surface area contributed by atoms with Gasteiger partial charge in [-0.05, 0) is 24.6 Å². The molecule has 0 spiro atoms. The molecule has 0 aliphatic carbocycles. The minimum absolute atomic E-state index is 0.0582. The second-order valence-electron chi connectivity index (χ2n) is 4.94. The van der Waals surface area contributed by atoms with Crippen LogP contribution in [-0.2, 0) is 10.0 Å². The highest BCUT2D eigenvalue weighted by molar-refractivity contribution is 7.90. The number of carboxylic acid groups (broad SMARTS) is 1. The van der Waals surface area contributed by atoms with E-state index in [1.165, 1.54) is 6.07 Å². The Morgan fingerprint density at radius 1 is 1.30 bits per heavy atom. The molecule has 3 rings (SSSR count). The number of rotatable bonds is 3. The number of hydrogen-bond donors (Lipinski definition) is 1. The summed E-state index contributed by atoms with van der Waals surface area (Å²) in [5, 5.41) is 9.84. The molecular weight excluding hydrogens is 340 g/mol. The van der Waals surface area contributed by atoms with Crippen LogP contribution < -0.4 is 0 Å². The van der Waals surface area contributed by atoms with Gasteiger partial charge in [-0.2, -0.15) is 0 Å². The van der Waals surface area contributed by atoms with Gasteiger partial charge in [0.15, 0.2) is 0 Å². The van der Waals surface area contributed by atoms with E-state index in [0.29, 0.717) is 10.9 Å². The molecule has 0 radical (unpaired) electrons. The number of para-hydroxylation sites is 1. The van der Waals surface area contributed by atoms with Crippen molar-refractivity contribution in [2.24, 2.45) is 0 Å². The second-order valence-corrected chi connectivity index (χ2v) is 7.12. The van der Waals surface area contributed by atoms with Gasteiger partial charge in [0, 0.05) is 17.8 Å². The van der Waals surface area contributed by atoms with E-state index in [4.69, 9.17) is 11.6 Å². The van der Waals surface area contributed by atoms with Crippen molar-refractivity contribution in [2.75, 3.05) is 0 Å². The van der Waals surface area contributed by atoms with Gasteiger partial charge in [-0.1, -0.05) is 29.8 Å². The molecule has 0 amide bonds. The smallest absolute Gasteiger partial charge is 0.337 e. The molecule has 0 atom stereocenters. The van der Waals surface area contributed by atoms with Crippen LogP contribution >= 0.6 is 11.6 Å². The van der Waals surface area contributed by atoms with Crippen LogP contribution in [0.1, 0.15) is 15.9 Å². The van der Waals surface area contributed by atoms with E-state index in [-0.39, 0.29) is 21.1 Å². The number of aryl methyl sites for hydroxylation is 1. The summed E-state index contributed by atoms with van der Waals surface area (Å²) in [7, 11) is -3.99.